The van der Waals surface area contributed by atoms with Crippen LogP contribution in [0.5, 0.6) is 0 Å². The zero-order valence-corrected chi connectivity index (χ0v) is 15.1. The molecular weight excluding hydrogens is 387 g/mol. The average Bonchev–Trinajstić information content (AvgIpc) is 3.13. The molecule has 0 fully saturated rings. The van der Waals surface area contributed by atoms with Crippen LogP contribution >= 0.6 is 0 Å². The monoisotopic (exact) mass is 400 g/mol. The minimum absolute atomic E-state index is 0.0680. The van der Waals surface area contributed by atoms with E-state index in [2.05, 4.69) is 14.7 Å². The molecule has 0 aliphatic heterocycles. The number of rotatable bonds is 6. The first-order valence-electron chi connectivity index (χ1n) is 7.90. The highest BCUT2D eigenvalue weighted by molar-refractivity contribution is 7.91. The van der Waals surface area contributed by atoms with Gasteiger partial charge in [0.25, 0.3) is 0 Å². The second-order valence-electron chi connectivity index (χ2n) is 5.71. The van der Waals surface area contributed by atoms with Crippen molar-refractivity contribution < 1.29 is 22.0 Å². The van der Waals surface area contributed by atoms with Gasteiger partial charge >= 0.3 is 0 Å². The molecule has 3 aromatic rings. The predicted molar refractivity (Wildman–Crippen MR) is 100 cm³/mol. The molecule has 0 bridgehead atoms. The maximum atomic E-state index is 13.5. The number of carbonyl (C=O) groups excluding carboxylic acids is 1. The van der Waals surface area contributed by atoms with Crippen LogP contribution < -0.4 is 4.72 Å². The molecule has 0 spiro atoms. The van der Waals surface area contributed by atoms with Gasteiger partial charge in [0.15, 0.2) is 0 Å². The molecule has 0 saturated heterocycles. The summed E-state index contributed by atoms with van der Waals surface area (Å²) in [6, 6.07) is 12.7. The van der Waals surface area contributed by atoms with Gasteiger partial charge in [0, 0.05) is 16.2 Å². The van der Waals surface area contributed by atoms with Gasteiger partial charge in [-0.15, -0.1) is 0 Å². The van der Waals surface area contributed by atoms with Crippen LogP contribution in [0.3, 0.4) is 0 Å². The van der Waals surface area contributed by atoms with Crippen molar-refractivity contribution in [2.24, 2.45) is 5.11 Å². The van der Waals surface area contributed by atoms with Crippen molar-refractivity contribution in [2.75, 3.05) is 4.72 Å². The molecule has 1 N–H and O–H groups in total. The number of hydrogen-bond donors (Lipinski definition) is 1. The molecule has 0 aliphatic carbocycles. The predicted octanol–water partition coefficient (Wildman–Crippen LogP) is 4.48. The fraction of sp³-hybridized carbons (Fsp3) is 0.0556. The average molecular weight is 400 g/mol. The van der Waals surface area contributed by atoms with Crippen LogP contribution in [0, 0.1) is 5.82 Å². The molecule has 3 rings (SSSR count). The SMILES string of the molecule is [N-]=[N+]=NC(=O)c1cc(NS(=O)(=O)Cc2ccco2)ccc1-c1cccc(F)c1. The number of nitrogens with one attached hydrogen (secondary N) is 1. The normalized spacial score (nSPS) is 10.9. The fourth-order valence-electron chi connectivity index (χ4n) is 2.58. The molecule has 0 aliphatic rings. The topological polar surface area (TPSA) is 125 Å². The maximum Gasteiger partial charge on any atom is 0.249 e. The zero-order chi connectivity index (χ0) is 20.1. The van der Waals surface area contributed by atoms with Gasteiger partial charge in [-0.2, -0.15) is 0 Å². The first-order valence-corrected chi connectivity index (χ1v) is 9.55. The number of halogens is 1. The van der Waals surface area contributed by atoms with Crippen LogP contribution in [0.1, 0.15) is 16.1 Å². The molecule has 2 aromatic carbocycles. The number of benzene rings is 2. The van der Waals surface area contributed by atoms with Gasteiger partial charge in [0.2, 0.25) is 15.9 Å². The summed E-state index contributed by atoms with van der Waals surface area (Å²) in [7, 11) is -3.82. The van der Waals surface area contributed by atoms with Crippen molar-refractivity contribution in [3.63, 3.8) is 0 Å². The molecule has 8 nitrogen and oxygen atoms in total. The number of carbonyl (C=O) groups is 1. The lowest BCUT2D eigenvalue weighted by atomic mass is 9.98. The number of anilines is 1. The molecule has 28 heavy (non-hydrogen) atoms. The van der Waals surface area contributed by atoms with E-state index < -0.39 is 27.5 Å². The van der Waals surface area contributed by atoms with Crippen LogP contribution in [0.25, 0.3) is 21.6 Å². The molecule has 0 radical (unpaired) electrons. The summed E-state index contributed by atoms with van der Waals surface area (Å²) in [6.45, 7) is 0. The van der Waals surface area contributed by atoms with Gasteiger partial charge in [-0.25, -0.2) is 12.8 Å². The first kappa shape index (κ1) is 19.2. The van der Waals surface area contributed by atoms with E-state index in [1.165, 1.54) is 48.7 Å². The van der Waals surface area contributed by atoms with Crippen LogP contribution in [-0.2, 0) is 15.8 Å². The highest BCUT2D eigenvalue weighted by Crippen LogP contribution is 2.28. The Morgan fingerprint density at radius 2 is 2.00 bits per heavy atom. The summed E-state index contributed by atoms with van der Waals surface area (Å²) >= 11 is 0. The summed E-state index contributed by atoms with van der Waals surface area (Å²) in [4.78, 5) is 14.7. The Morgan fingerprint density at radius 1 is 1.18 bits per heavy atom. The molecule has 142 valence electrons. The maximum absolute atomic E-state index is 13.5. The van der Waals surface area contributed by atoms with Crippen molar-refractivity contribution in [1.29, 1.82) is 0 Å². The second kappa shape index (κ2) is 7.95. The van der Waals surface area contributed by atoms with Crippen molar-refractivity contribution in [3.05, 3.63) is 88.4 Å². The first-order chi connectivity index (χ1) is 13.4. The highest BCUT2D eigenvalue weighted by atomic mass is 32.2. The number of amides is 1. The Kier molecular flexibility index (Phi) is 5.44. The van der Waals surface area contributed by atoms with Crippen LogP contribution in [-0.4, -0.2) is 14.3 Å². The lowest BCUT2D eigenvalue weighted by molar-refractivity contribution is 0.100. The third kappa shape index (κ3) is 4.56. The molecule has 1 aromatic heterocycles. The van der Waals surface area contributed by atoms with Crippen LogP contribution in [0.2, 0.25) is 0 Å². The van der Waals surface area contributed by atoms with E-state index in [9.17, 15) is 17.6 Å². The van der Waals surface area contributed by atoms with Gasteiger partial charge in [-0.05, 0) is 58.2 Å². The van der Waals surface area contributed by atoms with E-state index in [1.807, 2.05) is 0 Å². The van der Waals surface area contributed by atoms with E-state index in [0.29, 0.717) is 11.1 Å². The third-order valence-corrected chi connectivity index (χ3v) is 4.92. The molecule has 10 heteroatoms. The van der Waals surface area contributed by atoms with E-state index in [0.717, 1.165) is 0 Å². The largest absolute Gasteiger partial charge is 0.468 e. The van der Waals surface area contributed by atoms with Crippen molar-refractivity contribution in [3.8, 4) is 11.1 Å². The Balaban J connectivity index is 1.99. The van der Waals surface area contributed by atoms with E-state index >= 15 is 0 Å². The third-order valence-electron chi connectivity index (χ3n) is 3.71. The van der Waals surface area contributed by atoms with E-state index in [4.69, 9.17) is 9.95 Å². The van der Waals surface area contributed by atoms with Gasteiger partial charge < -0.3 is 4.42 Å². The molecular formula is C18H13FN4O4S. The van der Waals surface area contributed by atoms with Crippen LogP contribution in [0.15, 0.2) is 70.4 Å². The van der Waals surface area contributed by atoms with Crippen molar-refractivity contribution >= 4 is 21.6 Å². The van der Waals surface area contributed by atoms with Crippen molar-refractivity contribution in [2.45, 2.75) is 5.75 Å². The Hall–Kier alpha value is -3.62. The van der Waals surface area contributed by atoms with E-state index in [1.54, 1.807) is 12.1 Å². The lowest BCUT2D eigenvalue weighted by Gasteiger charge is -2.12. The number of nitrogens with zero attached hydrogens (tertiary/aromatic N) is 3. The van der Waals surface area contributed by atoms with Gasteiger partial charge in [-0.1, -0.05) is 18.2 Å². The summed E-state index contributed by atoms with van der Waals surface area (Å²) in [5.74, 6) is -1.59. The molecule has 1 heterocycles. The van der Waals surface area contributed by atoms with E-state index in [-0.39, 0.29) is 17.0 Å². The van der Waals surface area contributed by atoms with Crippen LogP contribution in [0.4, 0.5) is 10.1 Å². The van der Waals surface area contributed by atoms with Gasteiger partial charge in [0.1, 0.15) is 17.3 Å². The molecule has 0 atom stereocenters. The number of hydrogen-bond acceptors (Lipinski definition) is 4. The Labute approximate surface area is 159 Å². The standard InChI is InChI=1S/C18H13FN4O4S/c19-13-4-1-3-12(9-13)16-7-6-14(10-17(16)18(24)21-23-20)22-28(25,26)11-15-5-2-8-27-15/h1-10,22H,11H2. The molecule has 1 amide bonds. The summed E-state index contributed by atoms with van der Waals surface area (Å²) in [5, 5.41) is 3.06. The summed E-state index contributed by atoms with van der Waals surface area (Å²) in [5.41, 5.74) is 9.25. The fourth-order valence-corrected chi connectivity index (χ4v) is 3.68. The quantitative estimate of drug-likeness (QED) is 0.372. The van der Waals surface area contributed by atoms with Crippen molar-refractivity contribution in [1.82, 2.24) is 0 Å². The van der Waals surface area contributed by atoms with Gasteiger partial charge in [-0.3, -0.25) is 9.52 Å². The summed E-state index contributed by atoms with van der Waals surface area (Å²) < 4.78 is 45.5. The number of sulfonamides is 1. The number of azide groups is 1. The highest BCUT2D eigenvalue weighted by Gasteiger charge is 2.17. The molecule has 0 saturated carbocycles. The minimum Gasteiger partial charge on any atom is -0.468 e. The number of furan rings is 1. The van der Waals surface area contributed by atoms with Gasteiger partial charge in [0.05, 0.1) is 6.26 Å². The Bertz CT molecular complexity index is 1170. The minimum atomic E-state index is -3.82. The Morgan fingerprint density at radius 3 is 2.68 bits per heavy atom. The second-order valence-corrected chi connectivity index (χ2v) is 7.43. The summed E-state index contributed by atoms with van der Waals surface area (Å²) in [6.07, 6.45) is 1.36. The molecule has 0 unspecified atom stereocenters. The zero-order valence-electron chi connectivity index (χ0n) is 14.2. The lowest BCUT2D eigenvalue weighted by Crippen LogP contribution is -2.15. The smallest absolute Gasteiger partial charge is 0.249 e.